The van der Waals surface area contributed by atoms with E-state index in [1.54, 1.807) is 21.9 Å². The third-order valence-corrected chi connectivity index (χ3v) is 7.43. The van der Waals surface area contributed by atoms with Crippen molar-refractivity contribution >= 4 is 27.5 Å². The van der Waals surface area contributed by atoms with Crippen molar-refractivity contribution in [1.82, 2.24) is 9.21 Å². The van der Waals surface area contributed by atoms with Crippen molar-refractivity contribution in [1.29, 1.82) is 0 Å². The van der Waals surface area contributed by atoms with Crippen LogP contribution in [0.2, 0.25) is 0 Å². The Morgan fingerprint density at radius 2 is 1.65 bits per heavy atom. The Morgan fingerprint density at radius 3 is 2.31 bits per heavy atom. The van der Waals surface area contributed by atoms with Crippen LogP contribution < -0.4 is 4.90 Å². The van der Waals surface area contributed by atoms with Gasteiger partial charge in [-0.05, 0) is 36.1 Å². The maximum absolute atomic E-state index is 13.1. The zero-order valence-corrected chi connectivity index (χ0v) is 15.7. The Balaban J connectivity index is 1.60. The topological polar surface area (TPSA) is 78.0 Å². The molecule has 0 bridgehead atoms. The van der Waals surface area contributed by atoms with Crippen LogP contribution in [0.15, 0.2) is 17.0 Å². The van der Waals surface area contributed by atoms with Crippen molar-refractivity contribution in [3.05, 3.63) is 23.3 Å². The second kappa shape index (κ2) is 6.35. The van der Waals surface area contributed by atoms with Gasteiger partial charge in [-0.25, -0.2) is 8.42 Å². The van der Waals surface area contributed by atoms with E-state index in [4.69, 9.17) is 0 Å². The van der Waals surface area contributed by atoms with Gasteiger partial charge in [0.2, 0.25) is 21.8 Å². The predicted molar refractivity (Wildman–Crippen MR) is 96.4 cm³/mol. The molecule has 4 rings (SSSR count). The molecule has 0 spiro atoms. The SMILES string of the molecule is CCC(=O)N1CCN(S(=O)(=O)c2cc3c4c(c2)CCN4C(=O)CC3)CC1. The highest BCUT2D eigenvalue weighted by Gasteiger charge is 2.35. The minimum Gasteiger partial charge on any atom is -0.340 e. The number of carbonyl (C=O) groups excluding carboxylic acids is 2. The fourth-order valence-corrected chi connectivity index (χ4v) is 5.65. The number of nitrogens with zero attached hydrogens (tertiary/aromatic N) is 3. The number of benzene rings is 1. The van der Waals surface area contributed by atoms with Crippen LogP contribution in [0.4, 0.5) is 5.69 Å². The molecule has 0 unspecified atom stereocenters. The molecule has 3 heterocycles. The van der Waals surface area contributed by atoms with E-state index in [0.29, 0.717) is 63.3 Å². The minimum absolute atomic E-state index is 0.0637. The second-order valence-corrected chi connectivity index (χ2v) is 8.96. The Bertz CT molecular complexity index is 873. The van der Waals surface area contributed by atoms with Gasteiger partial charge in [0.05, 0.1) is 10.6 Å². The average molecular weight is 377 g/mol. The second-order valence-electron chi connectivity index (χ2n) is 7.02. The first kappa shape index (κ1) is 17.5. The van der Waals surface area contributed by atoms with E-state index in [0.717, 1.165) is 16.8 Å². The lowest BCUT2D eigenvalue weighted by Crippen LogP contribution is -2.50. The molecule has 1 fully saturated rings. The van der Waals surface area contributed by atoms with E-state index in [2.05, 4.69) is 0 Å². The number of aryl methyl sites for hydroxylation is 1. The van der Waals surface area contributed by atoms with E-state index in [-0.39, 0.29) is 11.8 Å². The van der Waals surface area contributed by atoms with Crippen LogP contribution in [0.1, 0.15) is 30.9 Å². The van der Waals surface area contributed by atoms with Crippen molar-refractivity contribution in [2.24, 2.45) is 0 Å². The van der Waals surface area contributed by atoms with Crippen molar-refractivity contribution in [2.45, 2.75) is 37.5 Å². The summed E-state index contributed by atoms with van der Waals surface area (Å²) in [6.45, 7) is 3.98. The van der Waals surface area contributed by atoms with Gasteiger partial charge in [0.1, 0.15) is 0 Å². The van der Waals surface area contributed by atoms with E-state index < -0.39 is 10.0 Å². The van der Waals surface area contributed by atoms with Gasteiger partial charge in [-0.1, -0.05) is 6.92 Å². The zero-order chi connectivity index (χ0) is 18.5. The number of piperazine rings is 1. The van der Waals surface area contributed by atoms with E-state index in [1.807, 2.05) is 6.92 Å². The number of hydrogen-bond acceptors (Lipinski definition) is 4. The standard InChI is InChI=1S/C18H23N3O4S/c1-2-16(22)19-7-9-20(10-8-19)26(24,25)15-11-13-3-4-17(23)21-6-5-14(12-15)18(13)21/h11-12H,2-10H2,1H3. The molecular weight excluding hydrogens is 354 g/mol. The van der Waals surface area contributed by atoms with Gasteiger partial charge in [0.25, 0.3) is 0 Å². The van der Waals surface area contributed by atoms with Crippen molar-refractivity contribution < 1.29 is 18.0 Å². The number of hydrogen-bond donors (Lipinski definition) is 0. The molecule has 8 heteroatoms. The van der Waals surface area contributed by atoms with Gasteiger partial charge < -0.3 is 9.80 Å². The predicted octanol–water partition coefficient (Wildman–Crippen LogP) is 0.765. The maximum atomic E-state index is 13.1. The van der Waals surface area contributed by atoms with Gasteiger partial charge in [-0.3, -0.25) is 9.59 Å². The minimum atomic E-state index is -3.59. The summed E-state index contributed by atoms with van der Waals surface area (Å²) in [5.74, 6) is 0.192. The number of rotatable bonds is 3. The van der Waals surface area contributed by atoms with Gasteiger partial charge in [-0.2, -0.15) is 4.31 Å². The summed E-state index contributed by atoms with van der Waals surface area (Å²) in [4.78, 5) is 27.7. The molecule has 0 saturated carbocycles. The molecule has 0 N–H and O–H groups in total. The molecule has 26 heavy (non-hydrogen) atoms. The molecule has 0 atom stereocenters. The normalized spacial score (nSPS) is 20.4. The van der Waals surface area contributed by atoms with Gasteiger partial charge >= 0.3 is 0 Å². The highest BCUT2D eigenvalue weighted by Crippen LogP contribution is 2.38. The average Bonchev–Trinajstić information content (AvgIpc) is 3.09. The Hall–Kier alpha value is -1.93. The Kier molecular flexibility index (Phi) is 4.27. The fraction of sp³-hybridized carbons (Fsp3) is 0.556. The lowest BCUT2D eigenvalue weighted by atomic mass is 10.00. The maximum Gasteiger partial charge on any atom is 0.243 e. The molecule has 3 aliphatic rings. The van der Waals surface area contributed by atoms with E-state index >= 15 is 0 Å². The highest BCUT2D eigenvalue weighted by atomic mass is 32.2. The van der Waals surface area contributed by atoms with Gasteiger partial charge in [0, 0.05) is 45.6 Å². The number of sulfonamides is 1. The molecule has 0 radical (unpaired) electrons. The van der Waals surface area contributed by atoms with Crippen LogP contribution in [-0.4, -0.2) is 62.2 Å². The van der Waals surface area contributed by atoms with Crippen LogP contribution >= 0.6 is 0 Å². The molecule has 0 aromatic heterocycles. The van der Waals surface area contributed by atoms with Crippen molar-refractivity contribution in [3.63, 3.8) is 0 Å². The summed E-state index contributed by atoms with van der Waals surface area (Å²) in [6, 6.07) is 3.47. The molecule has 140 valence electrons. The summed E-state index contributed by atoms with van der Waals surface area (Å²) < 4.78 is 27.7. The monoisotopic (exact) mass is 377 g/mol. The summed E-state index contributed by atoms with van der Waals surface area (Å²) in [5.41, 5.74) is 2.84. The molecule has 1 saturated heterocycles. The summed E-state index contributed by atoms with van der Waals surface area (Å²) in [5, 5.41) is 0. The molecule has 1 aromatic carbocycles. The zero-order valence-electron chi connectivity index (χ0n) is 14.9. The van der Waals surface area contributed by atoms with E-state index in [1.165, 1.54) is 4.31 Å². The molecule has 1 aromatic rings. The third-order valence-electron chi connectivity index (χ3n) is 5.56. The lowest BCUT2D eigenvalue weighted by molar-refractivity contribution is -0.132. The molecular formula is C18H23N3O4S. The van der Waals surface area contributed by atoms with Crippen LogP contribution in [0.5, 0.6) is 0 Å². The smallest absolute Gasteiger partial charge is 0.243 e. The summed E-state index contributed by atoms with van der Waals surface area (Å²) >= 11 is 0. The summed E-state index contributed by atoms with van der Waals surface area (Å²) in [7, 11) is -3.59. The first-order valence-corrected chi connectivity index (χ1v) is 10.6. The first-order valence-electron chi connectivity index (χ1n) is 9.16. The molecule has 2 amide bonds. The van der Waals surface area contributed by atoms with Crippen LogP contribution in [0, 0.1) is 0 Å². The Morgan fingerprint density at radius 1 is 1.00 bits per heavy atom. The van der Waals surface area contributed by atoms with Crippen molar-refractivity contribution in [3.8, 4) is 0 Å². The van der Waals surface area contributed by atoms with E-state index in [9.17, 15) is 18.0 Å². The van der Waals surface area contributed by atoms with Gasteiger partial charge in [0.15, 0.2) is 0 Å². The summed E-state index contributed by atoms with van der Waals surface area (Å²) in [6.07, 6.45) is 2.18. The first-order chi connectivity index (χ1) is 12.4. The van der Waals surface area contributed by atoms with Crippen LogP contribution in [0.25, 0.3) is 0 Å². The molecule has 3 aliphatic heterocycles. The third kappa shape index (κ3) is 2.72. The van der Waals surface area contributed by atoms with Crippen LogP contribution in [-0.2, 0) is 32.5 Å². The highest BCUT2D eigenvalue weighted by molar-refractivity contribution is 7.89. The largest absolute Gasteiger partial charge is 0.340 e. The number of carbonyl (C=O) groups is 2. The number of amides is 2. The number of anilines is 1. The quantitative estimate of drug-likeness (QED) is 0.779. The Labute approximate surface area is 153 Å². The van der Waals surface area contributed by atoms with Crippen LogP contribution in [0.3, 0.4) is 0 Å². The lowest BCUT2D eigenvalue weighted by Gasteiger charge is -2.34. The van der Waals surface area contributed by atoms with Gasteiger partial charge in [-0.15, -0.1) is 0 Å². The molecule has 0 aliphatic carbocycles. The van der Waals surface area contributed by atoms with Crippen molar-refractivity contribution in [2.75, 3.05) is 37.6 Å². The fourth-order valence-electron chi connectivity index (χ4n) is 4.13. The molecule has 7 nitrogen and oxygen atoms in total.